The van der Waals surface area contributed by atoms with Crippen molar-refractivity contribution in [1.82, 2.24) is 4.98 Å². The molecule has 0 radical (unpaired) electrons. The Morgan fingerprint density at radius 2 is 1.69 bits per heavy atom. The Labute approximate surface area is 177 Å². The van der Waals surface area contributed by atoms with Gasteiger partial charge in [-0.05, 0) is 44.4 Å². The number of rotatable bonds is 13. The predicted octanol–water partition coefficient (Wildman–Crippen LogP) is 7.91. The lowest BCUT2D eigenvalue weighted by Gasteiger charge is -2.35. The second-order valence-corrected chi connectivity index (χ2v) is 8.33. The van der Waals surface area contributed by atoms with Crippen LogP contribution in [0.4, 0.5) is 14.6 Å². The number of ether oxygens (including phenoxy) is 1. The molecule has 6 heteroatoms. The molecule has 0 aliphatic carbocycles. The zero-order valence-electron chi connectivity index (χ0n) is 17.7. The second-order valence-electron chi connectivity index (χ2n) is 7.48. The minimum absolute atomic E-state index is 0.246. The zero-order valence-corrected chi connectivity index (χ0v) is 18.5. The number of aromatic nitrogens is 1. The van der Waals surface area contributed by atoms with Gasteiger partial charge in [0, 0.05) is 11.6 Å². The van der Waals surface area contributed by atoms with Crippen LogP contribution in [-0.4, -0.2) is 10.6 Å². The number of benzene rings is 1. The van der Waals surface area contributed by atoms with Crippen molar-refractivity contribution in [3.8, 4) is 10.4 Å². The second kappa shape index (κ2) is 11.3. The molecule has 0 aliphatic heterocycles. The summed E-state index contributed by atoms with van der Waals surface area (Å²) in [5, 5.41) is 3.13. The third-order valence-corrected chi connectivity index (χ3v) is 5.81. The number of anilines is 1. The van der Waals surface area contributed by atoms with Gasteiger partial charge >= 0.3 is 0 Å². The summed E-state index contributed by atoms with van der Waals surface area (Å²) >= 11 is 1.31. The van der Waals surface area contributed by atoms with E-state index in [9.17, 15) is 8.78 Å². The lowest BCUT2D eigenvalue weighted by atomic mass is 9.87. The lowest BCUT2D eigenvalue weighted by Crippen LogP contribution is -2.33. The van der Waals surface area contributed by atoms with Crippen molar-refractivity contribution in [2.75, 3.05) is 5.32 Å². The lowest BCUT2D eigenvalue weighted by molar-refractivity contribution is -0.0204. The molecule has 0 aliphatic rings. The Morgan fingerprint density at radius 1 is 1.03 bits per heavy atom. The van der Waals surface area contributed by atoms with Gasteiger partial charge in [0.2, 0.25) is 0 Å². The van der Waals surface area contributed by atoms with Crippen molar-refractivity contribution < 1.29 is 13.5 Å². The minimum Gasteiger partial charge on any atom is -0.473 e. The molecule has 29 heavy (non-hydrogen) atoms. The smallest absolute Gasteiger partial charge is 0.185 e. The molecular formula is C23H32F2N2OS. The van der Waals surface area contributed by atoms with E-state index in [1.54, 1.807) is 5.51 Å². The standard InChI is InChI=1S/C23H32F2N2OS/c1-5-8-9-12-23(10-6-2,11-7-3)28-17(4)27-22-21(29-16-26-22)18-13-19(24)15-20(25)14-18/h13-16,27H,4-12H2,1-3H3. The van der Waals surface area contributed by atoms with E-state index < -0.39 is 11.6 Å². The number of hydrogen-bond acceptors (Lipinski definition) is 4. The molecule has 0 unspecified atom stereocenters. The summed E-state index contributed by atoms with van der Waals surface area (Å²) in [4.78, 5) is 4.96. The predicted molar refractivity (Wildman–Crippen MR) is 118 cm³/mol. The van der Waals surface area contributed by atoms with Crippen molar-refractivity contribution >= 4 is 17.2 Å². The summed E-state index contributed by atoms with van der Waals surface area (Å²) < 4.78 is 33.7. The Kier molecular flexibility index (Phi) is 9.08. The summed E-state index contributed by atoms with van der Waals surface area (Å²) in [6.45, 7) is 10.6. The van der Waals surface area contributed by atoms with Crippen molar-refractivity contribution in [1.29, 1.82) is 0 Å². The molecule has 2 aromatic rings. The Balaban J connectivity index is 2.17. The molecule has 1 heterocycles. The van der Waals surface area contributed by atoms with Crippen LogP contribution in [0.3, 0.4) is 0 Å². The van der Waals surface area contributed by atoms with Crippen molar-refractivity contribution in [2.45, 2.75) is 77.7 Å². The number of nitrogens with one attached hydrogen (secondary N) is 1. The molecule has 0 atom stereocenters. The molecule has 0 spiro atoms. The van der Waals surface area contributed by atoms with Crippen LogP contribution in [-0.2, 0) is 4.74 Å². The minimum atomic E-state index is -0.616. The molecule has 0 bridgehead atoms. The van der Waals surface area contributed by atoms with Gasteiger partial charge in [0.25, 0.3) is 0 Å². The van der Waals surface area contributed by atoms with Gasteiger partial charge in [-0.3, -0.25) is 0 Å². The summed E-state index contributed by atoms with van der Waals surface area (Å²) in [7, 11) is 0. The molecule has 0 saturated heterocycles. The average molecular weight is 423 g/mol. The fourth-order valence-electron chi connectivity index (χ4n) is 3.78. The first-order valence-corrected chi connectivity index (χ1v) is 11.4. The molecule has 1 aromatic carbocycles. The van der Waals surface area contributed by atoms with E-state index in [1.807, 2.05) is 0 Å². The van der Waals surface area contributed by atoms with Crippen molar-refractivity contribution in [3.05, 3.63) is 47.8 Å². The Bertz CT molecular complexity index is 765. The highest BCUT2D eigenvalue weighted by atomic mass is 32.1. The van der Waals surface area contributed by atoms with E-state index >= 15 is 0 Å². The van der Waals surface area contributed by atoms with Gasteiger partial charge in [0.15, 0.2) is 11.7 Å². The number of thiazole rings is 1. The van der Waals surface area contributed by atoms with Gasteiger partial charge in [0.05, 0.1) is 10.4 Å². The monoisotopic (exact) mass is 422 g/mol. The van der Waals surface area contributed by atoms with Crippen LogP contribution in [0, 0.1) is 11.6 Å². The van der Waals surface area contributed by atoms with Gasteiger partial charge < -0.3 is 10.1 Å². The van der Waals surface area contributed by atoms with Crippen LogP contribution in [0.25, 0.3) is 10.4 Å². The van der Waals surface area contributed by atoms with E-state index in [4.69, 9.17) is 4.74 Å². The van der Waals surface area contributed by atoms with E-state index in [0.717, 1.165) is 44.6 Å². The molecule has 1 N–H and O–H groups in total. The maximum absolute atomic E-state index is 13.6. The topological polar surface area (TPSA) is 34.2 Å². The first-order valence-electron chi connectivity index (χ1n) is 10.5. The van der Waals surface area contributed by atoms with Gasteiger partial charge in [0.1, 0.15) is 17.2 Å². The highest BCUT2D eigenvalue weighted by molar-refractivity contribution is 7.13. The summed E-state index contributed by atoms with van der Waals surface area (Å²) in [5.74, 6) is -0.307. The number of hydrogen-bond donors (Lipinski definition) is 1. The normalized spacial score (nSPS) is 11.5. The number of halogens is 2. The summed E-state index contributed by atoms with van der Waals surface area (Å²) in [6.07, 6.45) is 8.44. The van der Waals surface area contributed by atoms with Gasteiger partial charge in [-0.15, -0.1) is 11.3 Å². The maximum Gasteiger partial charge on any atom is 0.185 e. The SMILES string of the molecule is C=C(Nc1ncsc1-c1cc(F)cc(F)c1)OC(CCC)(CCC)CCCCC. The van der Waals surface area contributed by atoms with Crippen LogP contribution in [0.15, 0.2) is 36.2 Å². The van der Waals surface area contributed by atoms with Crippen LogP contribution in [0.5, 0.6) is 0 Å². The molecule has 0 amide bonds. The number of nitrogens with zero attached hydrogens (tertiary/aromatic N) is 1. The molecule has 0 fully saturated rings. The van der Waals surface area contributed by atoms with E-state index in [1.165, 1.54) is 36.3 Å². The number of unbranched alkanes of at least 4 members (excludes halogenated alkanes) is 2. The molecular weight excluding hydrogens is 390 g/mol. The van der Waals surface area contributed by atoms with Crippen LogP contribution >= 0.6 is 11.3 Å². The average Bonchev–Trinajstić information content (AvgIpc) is 3.09. The molecule has 160 valence electrons. The quantitative estimate of drug-likeness (QED) is 0.263. The highest BCUT2D eigenvalue weighted by Crippen LogP contribution is 2.36. The van der Waals surface area contributed by atoms with Crippen LogP contribution < -0.4 is 5.32 Å². The summed E-state index contributed by atoms with van der Waals surface area (Å²) in [5.41, 5.74) is 1.83. The van der Waals surface area contributed by atoms with Gasteiger partial charge in [-0.25, -0.2) is 13.8 Å². The largest absolute Gasteiger partial charge is 0.473 e. The van der Waals surface area contributed by atoms with E-state index in [0.29, 0.717) is 22.1 Å². The first-order chi connectivity index (χ1) is 13.9. The molecule has 1 aromatic heterocycles. The van der Waals surface area contributed by atoms with Gasteiger partial charge in [-0.1, -0.05) is 46.5 Å². The van der Waals surface area contributed by atoms with Crippen LogP contribution in [0.1, 0.15) is 72.1 Å². The van der Waals surface area contributed by atoms with Crippen LogP contribution in [0.2, 0.25) is 0 Å². The van der Waals surface area contributed by atoms with E-state index in [-0.39, 0.29) is 5.60 Å². The summed E-state index contributed by atoms with van der Waals surface area (Å²) in [6, 6.07) is 3.46. The fraction of sp³-hybridized carbons (Fsp3) is 0.522. The maximum atomic E-state index is 13.6. The molecule has 3 nitrogen and oxygen atoms in total. The molecule has 2 rings (SSSR count). The first kappa shape index (κ1) is 23.3. The molecule has 0 saturated carbocycles. The van der Waals surface area contributed by atoms with Crippen molar-refractivity contribution in [3.63, 3.8) is 0 Å². The Morgan fingerprint density at radius 3 is 2.28 bits per heavy atom. The fourth-order valence-corrected chi connectivity index (χ4v) is 4.51. The Hall–Kier alpha value is -1.95. The highest BCUT2D eigenvalue weighted by Gasteiger charge is 2.31. The van der Waals surface area contributed by atoms with Gasteiger partial charge in [-0.2, -0.15) is 0 Å². The van der Waals surface area contributed by atoms with Crippen molar-refractivity contribution in [2.24, 2.45) is 0 Å². The third-order valence-electron chi connectivity index (χ3n) is 4.94. The third kappa shape index (κ3) is 6.81. The van der Waals surface area contributed by atoms with E-state index in [2.05, 4.69) is 37.7 Å². The zero-order chi connectivity index (χ0) is 21.3.